The van der Waals surface area contributed by atoms with E-state index in [1.54, 1.807) is 75.6 Å². The number of carboxylic acids is 1. The SMILES string of the molecule is C.CC(=O)[C@@H]1CCCN(C(=O)OC(C)(C)C)[C@@H]1C.CC(=O)[C@@H]1CCCN[C@@H]1C.C[C@@H]1[C@H](C(=O)O)CCCN1C(=O)OC(C)(C)C.Cc1ccc(-c2cnc([C@@H]3CCCN(C(=O)OC(C)(C)C)[C@@H]3C)[nH]2)cc1.Cc1ccc(C(=O)CN)cc1.Cc1ccc(C(=O)CNC(=O)[C@@H]2CCCN(C(=O)OC(C)(C)C)[C@@H]2C)cc1. The van der Waals surface area contributed by atoms with Crippen molar-refractivity contribution in [3.63, 3.8) is 0 Å². The monoisotopic (exact) mass is 1520 g/mol. The van der Waals surface area contributed by atoms with Gasteiger partial charge in [0.25, 0.3) is 0 Å². The van der Waals surface area contributed by atoms with Gasteiger partial charge < -0.3 is 65.0 Å². The molecule has 5 fully saturated rings. The number of nitrogens with zero attached hydrogens (tertiary/aromatic N) is 5. The van der Waals surface area contributed by atoms with Gasteiger partial charge in [0.1, 0.15) is 39.8 Å². The molecule has 109 heavy (non-hydrogen) atoms. The van der Waals surface area contributed by atoms with Crippen molar-refractivity contribution in [1.29, 1.82) is 0 Å². The second kappa shape index (κ2) is 43.2. The Morgan fingerprint density at radius 3 is 1.21 bits per heavy atom. The normalized spacial score (nSPS) is 22.0. The largest absolute Gasteiger partial charge is 0.481 e. The Morgan fingerprint density at radius 2 is 0.835 bits per heavy atom. The summed E-state index contributed by atoms with van der Waals surface area (Å²) in [5.74, 6) is -0.163. The lowest BCUT2D eigenvalue weighted by molar-refractivity contribution is -0.145. The van der Waals surface area contributed by atoms with Crippen molar-refractivity contribution in [2.45, 2.75) is 282 Å². The molecule has 608 valence electrons. The lowest BCUT2D eigenvalue weighted by Gasteiger charge is -2.39. The Kier molecular flexibility index (Phi) is 37.5. The summed E-state index contributed by atoms with van der Waals surface area (Å²) < 4.78 is 21.6. The molecule has 24 heteroatoms. The first-order valence-electron chi connectivity index (χ1n) is 38.5. The molecular formula is C85H133N9O15. The summed E-state index contributed by atoms with van der Waals surface area (Å²) in [5, 5.41) is 15.1. The third kappa shape index (κ3) is 31.8. The predicted molar refractivity (Wildman–Crippen MR) is 428 cm³/mol. The minimum atomic E-state index is -0.842. The molecule has 3 aromatic carbocycles. The van der Waals surface area contributed by atoms with E-state index in [9.17, 15) is 47.9 Å². The van der Waals surface area contributed by atoms with Crippen LogP contribution < -0.4 is 16.4 Å². The molecule has 4 aromatic rings. The molecule has 5 aliphatic heterocycles. The van der Waals surface area contributed by atoms with Crippen LogP contribution in [0.4, 0.5) is 19.2 Å². The van der Waals surface area contributed by atoms with Gasteiger partial charge in [-0.15, -0.1) is 0 Å². The third-order valence-corrected chi connectivity index (χ3v) is 19.6. The summed E-state index contributed by atoms with van der Waals surface area (Å²) >= 11 is 0. The van der Waals surface area contributed by atoms with Crippen LogP contribution in [0.15, 0.2) is 79.0 Å². The molecule has 5 aliphatic rings. The quantitative estimate of drug-likeness (QED) is 0.0688. The second-order valence-electron chi connectivity index (χ2n) is 33.3. The number of imidazole rings is 1. The van der Waals surface area contributed by atoms with Gasteiger partial charge in [0.2, 0.25) is 5.91 Å². The van der Waals surface area contributed by atoms with Crippen LogP contribution >= 0.6 is 0 Å². The lowest BCUT2D eigenvalue weighted by Crippen LogP contribution is -2.53. The molecule has 5 saturated heterocycles. The van der Waals surface area contributed by atoms with Gasteiger partial charge in [0.15, 0.2) is 11.6 Å². The molecule has 0 saturated carbocycles. The Hall–Kier alpha value is -8.51. The predicted octanol–water partition coefficient (Wildman–Crippen LogP) is 15.7. The van der Waals surface area contributed by atoms with Crippen LogP contribution in [-0.4, -0.2) is 192 Å². The number of ketones is 4. The summed E-state index contributed by atoms with van der Waals surface area (Å²) in [5.41, 5.74) is 9.98. The summed E-state index contributed by atoms with van der Waals surface area (Å²) in [6.07, 6.45) is 9.20. The third-order valence-electron chi connectivity index (χ3n) is 19.6. The van der Waals surface area contributed by atoms with Crippen LogP contribution in [0.25, 0.3) is 11.3 Å². The molecule has 5 amide bonds. The Morgan fingerprint density at radius 1 is 0.486 bits per heavy atom. The number of aromatic amines is 1. The lowest BCUT2D eigenvalue weighted by atomic mass is 9.87. The fourth-order valence-electron chi connectivity index (χ4n) is 13.5. The number of likely N-dealkylation sites (tertiary alicyclic amines) is 4. The van der Waals surface area contributed by atoms with E-state index in [2.05, 4.69) is 65.6 Å². The van der Waals surface area contributed by atoms with Crippen molar-refractivity contribution in [2.24, 2.45) is 29.4 Å². The fraction of sp³-hybridized carbons (Fsp3) is 0.635. The number of ether oxygens (including phenoxy) is 4. The number of aromatic nitrogens is 2. The number of aryl methyl sites for hydroxylation is 3. The molecule has 6 heterocycles. The van der Waals surface area contributed by atoms with E-state index in [0.29, 0.717) is 61.8 Å². The molecule has 10 atom stereocenters. The number of aliphatic carboxylic acids is 1. The Labute approximate surface area is 650 Å². The number of Topliss-reactive ketones (excluding diaryl/α,β-unsaturated/α-hetero) is 4. The summed E-state index contributed by atoms with van der Waals surface area (Å²) in [6.45, 7) is 44.8. The van der Waals surface area contributed by atoms with Gasteiger partial charge in [0, 0.05) is 85.3 Å². The van der Waals surface area contributed by atoms with Crippen LogP contribution in [0.1, 0.15) is 252 Å². The van der Waals surface area contributed by atoms with E-state index in [0.717, 1.165) is 86.2 Å². The van der Waals surface area contributed by atoms with Gasteiger partial charge in [-0.1, -0.05) is 96.9 Å². The molecule has 0 spiro atoms. The molecule has 24 nitrogen and oxygen atoms in total. The number of nitrogens with one attached hydrogen (secondary N) is 3. The molecular weight excluding hydrogens is 1390 g/mol. The molecule has 0 radical (unpaired) electrons. The highest BCUT2D eigenvalue weighted by atomic mass is 16.6. The molecule has 9 rings (SSSR count). The number of carbonyl (C=O) groups is 10. The Balaban J connectivity index is 0.000000350. The maximum atomic E-state index is 12.6. The van der Waals surface area contributed by atoms with Gasteiger partial charge in [-0.2, -0.15) is 0 Å². The standard InChI is InChI=1S/C21H29N3O2.C21H30N2O4.C13H23NO3.C12H21NO4.C9H11NO.C8H15NO.CH4/c1-14-8-10-16(11-9-14)18-13-22-19(23-18)17-7-6-12-24(15(17)2)20(25)26-21(3,4)5;1-14-8-10-16(11-9-14)18(24)13-22-19(25)17-7-6-12-23(15(17)2)20(26)27-21(3,4)5;1-9-11(10(2)15)7-6-8-14(9)12(16)17-13(3,4)5;1-8-9(10(14)15)6-5-7-13(8)11(16)17-12(2,3)4;1-7-2-4-8(5-3-7)9(11)6-10;1-6-8(7(2)10)4-3-5-9-6;/h8-11,13,15,17H,6-7,12H2,1-5H3,(H,22,23);8-11,15,17H,6-7,12-13H2,1-5H3,(H,22,25);9,11H,6-8H2,1-5H3;8-9H,5-7H2,1-4H3,(H,14,15);2-5H,6,10H2,1H3;6,8-9H,3-5H2,1-2H3;1H4/t2*15-,17-;9-,11-;8-,9-;;6-,8-;/m1111.1./s1. The first-order valence-corrected chi connectivity index (χ1v) is 38.5. The zero-order valence-corrected chi connectivity index (χ0v) is 68.8. The van der Waals surface area contributed by atoms with E-state index < -0.39 is 46.5 Å². The average Bonchev–Trinajstić information content (AvgIpc) is 1.75. The first-order chi connectivity index (χ1) is 50.2. The number of hydrogen-bond acceptors (Lipinski definition) is 17. The number of benzene rings is 3. The zero-order valence-electron chi connectivity index (χ0n) is 68.8. The molecule has 1 aromatic heterocycles. The van der Waals surface area contributed by atoms with Crippen LogP contribution in [0, 0.1) is 44.4 Å². The highest BCUT2D eigenvalue weighted by Gasteiger charge is 2.41. The minimum absolute atomic E-state index is 0. The van der Waals surface area contributed by atoms with Crippen molar-refractivity contribution >= 4 is 59.4 Å². The van der Waals surface area contributed by atoms with Gasteiger partial charge in [-0.3, -0.25) is 28.8 Å². The van der Waals surface area contributed by atoms with E-state index in [1.165, 1.54) is 10.5 Å². The molecule has 6 N–H and O–H groups in total. The van der Waals surface area contributed by atoms with E-state index >= 15 is 0 Å². The molecule has 0 unspecified atom stereocenters. The number of carbonyl (C=O) groups excluding carboxylic acids is 9. The van der Waals surface area contributed by atoms with Gasteiger partial charge >= 0.3 is 30.3 Å². The second-order valence-corrected chi connectivity index (χ2v) is 33.3. The number of nitrogens with two attached hydrogens (primary N) is 1. The average molecular weight is 1520 g/mol. The van der Waals surface area contributed by atoms with Crippen molar-refractivity contribution < 1.29 is 72.0 Å². The number of piperidine rings is 5. The number of H-pyrrole nitrogens is 1. The van der Waals surface area contributed by atoms with E-state index in [1.807, 2.05) is 125 Å². The number of amides is 5. The maximum absolute atomic E-state index is 12.6. The number of carboxylic acid groups (broad SMARTS) is 1. The van der Waals surface area contributed by atoms with Crippen molar-refractivity contribution in [1.82, 2.24) is 40.2 Å². The zero-order chi connectivity index (χ0) is 81.3. The fourth-order valence-corrected chi connectivity index (χ4v) is 13.5. The summed E-state index contributed by atoms with van der Waals surface area (Å²) in [4.78, 5) is 133. The van der Waals surface area contributed by atoms with Crippen LogP contribution in [0.2, 0.25) is 0 Å². The van der Waals surface area contributed by atoms with Crippen LogP contribution in [0.5, 0.6) is 0 Å². The maximum Gasteiger partial charge on any atom is 0.410 e. The molecule has 0 bridgehead atoms. The molecule has 0 aliphatic carbocycles. The van der Waals surface area contributed by atoms with Crippen molar-refractivity contribution in [3.8, 4) is 11.3 Å². The highest BCUT2D eigenvalue weighted by molar-refractivity contribution is 5.99. The topological polar surface area (TPSA) is 320 Å². The highest BCUT2D eigenvalue weighted by Crippen LogP contribution is 2.34. The van der Waals surface area contributed by atoms with Crippen LogP contribution in [-0.2, 0) is 38.1 Å². The Bertz CT molecular complexity index is 3520. The van der Waals surface area contributed by atoms with E-state index in [4.69, 9.17) is 29.8 Å². The summed E-state index contributed by atoms with van der Waals surface area (Å²) in [7, 11) is 0. The van der Waals surface area contributed by atoms with Crippen molar-refractivity contribution in [2.75, 3.05) is 45.8 Å². The number of rotatable bonds is 11. The van der Waals surface area contributed by atoms with Crippen LogP contribution in [0.3, 0.4) is 0 Å². The van der Waals surface area contributed by atoms with Crippen molar-refractivity contribution in [3.05, 3.63) is 113 Å². The number of hydrogen-bond donors (Lipinski definition) is 5. The minimum Gasteiger partial charge on any atom is -0.481 e. The van der Waals surface area contributed by atoms with Gasteiger partial charge in [-0.05, 0) is 229 Å². The first kappa shape index (κ1) is 94.7. The smallest absolute Gasteiger partial charge is 0.410 e. The summed E-state index contributed by atoms with van der Waals surface area (Å²) in [6, 6.07) is 22.9. The van der Waals surface area contributed by atoms with Gasteiger partial charge in [0.05, 0.1) is 36.8 Å². The van der Waals surface area contributed by atoms with Gasteiger partial charge in [-0.25, -0.2) is 24.2 Å². The van der Waals surface area contributed by atoms with E-state index in [-0.39, 0.29) is 104 Å².